The molecule has 0 aliphatic rings. The SMILES string of the molecule is C=C[Si](C)(C)O[Si](CCCOC(=O)C(=C)C)(O[Si](C)(C)C=C)O[Si](C)(C)CC[Si](C)(C)O[SiH2]c1ccccc1. The molecular weight excluding hydrogens is 589 g/mol. The van der Waals surface area contributed by atoms with Gasteiger partial charge in [-0.25, -0.2) is 4.79 Å². The molecule has 0 N–H and O–H groups in total. The molecule has 0 aliphatic heterocycles. The fourth-order valence-electron chi connectivity index (χ4n) is 3.68. The van der Waals surface area contributed by atoms with Gasteiger partial charge in [0, 0.05) is 11.6 Å². The molecule has 39 heavy (non-hydrogen) atoms. The first-order valence-electron chi connectivity index (χ1n) is 13.7. The van der Waals surface area contributed by atoms with Gasteiger partial charge in [-0.15, -0.1) is 13.2 Å². The monoisotopic (exact) mass is 640 g/mol. The van der Waals surface area contributed by atoms with Gasteiger partial charge >= 0.3 is 14.8 Å². The van der Waals surface area contributed by atoms with Crippen molar-refractivity contribution in [3.05, 3.63) is 67.0 Å². The van der Waals surface area contributed by atoms with Gasteiger partial charge in [-0.3, -0.25) is 0 Å². The standard InChI is InChI=1S/C27H52O6Si6/c1-13-35(5,6)31-39(32-36(7,8)14-2,22-18-21-29-27(28)25(3)4)33-38(11,12)24-23-37(9,10)30-34-26-19-16-15-17-20-26/h13-17,19-20H,1-3,18,21-24,34H2,4-12H3. The molecule has 0 fully saturated rings. The summed E-state index contributed by atoms with van der Waals surface area (Å²) in [5.74, 6) is -0.382. The topological polar surface area (TPSA) is 63.2 Å². The van der Waals surface area contributed by atoms with E-state index in [-0.39, 0.29) is 12.6 Å². The predicted molar refractivity (Wildman–Crippen MR) is 180 cm³/mol. The number of esters is 1. The van der Waals surface area contributed by atoms with Crippen LogP contribution in [-0.4, -0.2) is 64.4 Å². The summed E-state index contributed by atoms with van der Waals surface area (Å²) in [6.45, 7) is 31.3. The Morgan fingerprint density at radius 2 is 1.33 bits per heavy atom. The van der Waals surface area contributed by atoms with E-state index in [2.05, 4.69) is 96.4 Å². The number of rotatable bonds is 19. The molecule has 220 valence electrons. The van der Waals surface area contributed by atoms with Crippen LogP contribution in [0, 0.1) is 0 Å². The molecule has 0 unspecified atom stereocenters. The van der Waals surface area contributed by atoms with E-state index in [0.717, 1.165) is 12.1 Å². The molecular formula is C27H52O6Si6. The first-order valence-corrected chi connectivity index (χ1v) is 29.2. The van der Waals surface area contributed by atoms with Crippen LogP contribution >= 0.6 is 0 Å². The quantitative estimate of drug-likeness (QED) is 0.0779. The van der Waals surface area contributed by atoms with Gasteiger partial charge < -0.3 is 21.2 Å². The van der Waals surface area contributed by atoms with Crippen molar-refractivity contribution in [1.29, 1.82) is 0 Å². The van der Waals surface area contributed by atoms with E-state index in [1.807, 2.05) is 17.5 Å². The lowest BCUT2D eigenvalue weighted by Crippen LogP contribution is -2.61. The van der Waals surface area contributed by atoms with Crippen molar-refractivity contribution < 1.29 is 26.0 Å². The van der Waals surface area contributed by atoms with Gasteiger partial charge in [-0.1, -0.05) is 48.3 Å². The van der Waals surface area contributed by atoms with Gasteiger partial charge in [-0.2, -0.15) is 0 Å². The molecule has 0 atom stereocenters. The van der Waals surface area contributed by atoms with E-state index in [4.69, 9.17) is 21.2 Å². The predicted octanol–water partition coefficient (Wildman–Crippen LogP) is 6.18. The lowest BCUT2D eigenvalue weighted by atomic mass is 10.4. The van der Waals surface area contributed by atoms with Crippen LogP contribution in [0.5, 0.6) is 0 Å². The lowest BCUT2D eigenvalue weighted by molar-refractivity contribution is -0.139. The van der Waals surface area contributed by atoms with Crippen molar-refractivity contribution in [3.63, 3.8) is 0 Å². The molecule has 0 aromatic heterocycles. The van der Waals surface area contributed by atoms with Crippen molar-refractivity contribution in [2.24, 2.45) is 0 Å². The van der Waals surface area contributed by atoms with Crippen LogP contribution in [0.25, 0.3) is 0 Å². The molecule has 0 aliphatic carbocycles. The van der Waals surface area contributed by atoms with E-state index in [1.165, 1.54) is 5.19 Å². The van der Waals surface area contributed by atoms with Crippen LogP contribution in [0.1, 0.15) is 13.3 Å². The van der Waals surface area contributed by atoms with E-state index < -0.39 is 51.8 Å². The summed E-state index contributed by atoms with van der Waals surface area (Å²) in [5, 5.41) is 1.33. The van der Waals surface area contributed by atoms with Gasteiger partial charge in [0.05, 0.1) is 6.61 Å². The highest BCUT2D eigenvalue weighted by atomic mass is 28.5. The highest BCUT2D eigenvalue weighted by Gasteiger charge is 2.51. The maximum absolute atomic E-state index is 12.0. The number of hydrogen-bond donors (Lipinski definition) is 0. The highest BCUT2D eigenvalue weighted by Crippen LogP contribution is 2.33. The average molecular weight is 641 g/mol. The third-order valence-corrected chi connectivity index (χ3v) is 27.3. The van der Waals surface area contributed by atoms with Crippen molar-refractivity contribution in [3.8, 4) is 0 Å². The summed E-state index contributed by atoms with van der Waals surface area (Å²) in [6.07, 6.45) is 0.588. The molecule has 12 heteroatoms. The summed E-state index contributed by atoms with van der Waals surface area (Å²) >= 11 is 0. The highest BCUT2D eigenvalue weighted by molar-refractivity contribution is 6.93. The Bertz CT molecular complexity index is 943. The summed E-state index contributed by atoms with van der Waals surface area (Å²) in [4.78, 5) is 12.0. The van der Waals surface area contributed by atoms with Crippen LogP contribution < -0.4 is 5.19 Å². The smallest absolute Gasteiger partial charge is 0.462 e. The summed E-state index contributed by atoms with van der Waals surface area (Å²) in [5.41, 5.74) is 4.25. The Labute approximate surface area is 245 Å². The van der Waals surface area contributed by atoms with E-state index in [9.17, 15) is 4.79 Å². The number of hydrogen-bond acceptors (Lipinski definition) is 6. The van der Waals surface area contributed by atoms with Crippen molar-refractivity contribution in [2.45, 2.75) is 83.9 Å². The molecule has 1 aromatic rings. The first-order chi connectivity index (χ1) is 17.9. The number of benzene rings is 1. The van der Waals surface area contributed by atoms with Crippen LogP contribution in [0.4, 0.5) is 0 Å². The minimum absolute atomic E-state index is 0.266. The maximum atomic E-state index is 12.0. The second-order valence-corrected chi connectivity index (χ2v) is 34.3. The molecule has 6 nitrogen and oxygen atoms in total. The molecule has 0 bridgehead atoms. The first kappa shape index (κ1) is 36.1. The fraction of sp³-hybridized carbons (Fsp3) is 0.519. The molecule has 0 saturated heterocycles. The molecule has 1 aromatic carbocycles. The second kappa shape index (κ2) is 15.3. The van der Waals surface area contributed by atoms with Crippen molar-refractivity contribution in [1.82, 2.24) is 0 Å². The van der Waals surface area contributed by atoms with Crippen molar-refractivity contribution in [2.75, 3.05) is 6.61 Å². The number of ether oxygens (including phenoxy) is 1. The Morgan fingerprint density at radius 1 is 0.821 bits per heavy atom. The summed E-state index contributed by atoms with van der Waals surface area (Å²) in [7, 11) is -12.6. The molecule has 0 radical (unpaired) electrons. The molecule has 0 spiro atoms. The Kier molecular flexibility index (Phi) is 14.2. The molecule has 1 rings (SSSR count). The zero-order chi connectivity index (χ0) is 30.0. The van der Waals surface area contributed by atoms with Gasteiger partial charge in [-0.05, 0) is 83.0 Å². The lowest BCUT2D eigenvalue weighted by Gasteiger charge is -2.44. The molecule has 0 amide bonds. The van der Waals surface area contributed by atoms with Crippen LogP contribution in [-0.2, 0) is 26.0 Å². The summed E-state index contributed by atoms with van der Waals surface area (Å²) in [6, 6.07) is 13.1. The minimum atomic E-state index is -3.20. The number of carbonyl (C=O) groups excluding carboxylic acids is 1. The zero-order valence-corrected chi connectivity index (χ0v) is 32.3. The van der Waals surface area contributed by atoms with E-state index in [0.29, 0.717) is 18.0 Å². The third kappa shape index (κ3) is 14.5. The third-order valence-electron chi connectivity index (χ3n) is 6.26. The van der Waals surface area contributed by atoms with Gasteiger partial charge in [0.15, 0.2) is 26.4 Å². The van der Waals surface area contributed by atoms with Gasteiger partial charge in [0.2, 0.25) is 16.6 Å². The largest absolute Gasteiger partial charge is 0.470 e. The summed E-state index contributed by atoms with van der Waals surface area (Å²) < 4.78 is 32.9. The maximum Gasteiger partial charge on any atom is 0.470 e. The minimum Gasteiger partial charge on any atom is -0.462 e. The Morgan fingerprint density at radius 3 is 1.82 bits per heavy atom. The van der Waals surface area contributed by atoms with Gasteiger partial charge in [0.25, 0.3) is 0 Å². The van der Waals surface area contributed by atoms with Crippen LogP contribution in [0.2, 0.25) is 70.5 Å². The number of carbonyl (C=O) groups is 1. The van der Waals surface area contributed by atoms with E-state index in [1.54, 1.807) is 6.92 Å². The van der Waals surface area contributed by atoms with Crippen LogP contribution in [0.3, 0.4) is 0 Å². The second-order valence-electron chi connectivity index (χ2n) is 12.4. The molecule has 0 saturated carbocycles. The average Bonchev–Trinajstić information content (AvgIpc) is 2.84. The molecule has 0 heterocycles. The van der Waals surface area contributed by atoms with Crippen molar-refractivity contribution >= 4 is 63.0 Å². The zero-order valence-electron chi connectivity index (χ0n) is 25.9. The van der Waals surface area contributed by atoms with Gasteiger partial charge in [0.1, 0.15) is 0 Å². The Hall–Kier alpha value is -0.949. The normalized spacial score (nSPS) is 13.5. The van der Waals surface area contributed by atoms with E-state index >= 15 is 0 Å². The Balaban J connectivity index is 3.13. The van der Waals surface area contributed by atoms with Crippen LogP contribution in [0.15, 0.2) is 67.0 Å². The fourth-order valence-corrected chi connectivity index (χ4v) is 26.0.